The minimum absolute atomic E-state index is 0.00704. The molecule has 0 aromatic heterocycles. The van der Waals surface area contributed by atoms with Crippen molar-refractivity contribution in [2.75, 3.05) is 36.8 Å². The van der Waals surface area contributed by atoms with Crippen molar-refractivity contribution in [2.24, 2.45) is 17.4 Å². The van der Waals surface area contributed by atoms with E-state index in [0.717, 1.165) is 44.9 Å². The van der Waals surface area contributed by atoms with Gasteiger partial charge in [-0.1, -0.05) is 121 Å². The molecule has 0 spiro atoms. The average molecular weight is 994 g/mol. The summed E-state index contributed by atoms with van der Waals surface area (Å²) in [5.41, 5.74) is 9.88. The van der Waals surface area contributed by atoms with Crippen molar-refractivity contribution in [3.05, 3.63) is 68.5 Å². The number of benzene rings is 1. The standard InChI is InChI=1S/C50H79N11O10/c1-4-5-6-7-8-9-10-11-12-13-14-15-16-17-18-22-27-54-42-43(45(67)44(42)66)56-31-38(62)59-37(29-34-24-20-19-21-25-34)48(70)61-41(33(2)3)49(71)60-35(26-23-28-55-50(52)53)47(69)57-32-39(63)58-36(46(51)68)30-40(64)65/h12-13,19-21,24-25,33,35-37,41,54,56H,4-11,14-18,22-23,26-32H2,1-3H3,(H2,51,68)(H,57,69)(H,58,63)(H,59,62)(H,60,71)(H,61,70)(H,64,65)(H4,52,53,55)/b13-12-/t35-,36-,37+,41-/m0/s1. The molecule has 394 valence electrons. The van der Waals surface area contributed by atoms with Crippen LogP contribution >= 0.6 is 0 Å². The minimum atomic E-state index is -1.54. The molecule has 4 atom stereocenters. The molecule has 2 rings (SSSR count). The monoisotopic (exact) mass is 994 g/mol. The van der Waals surface area contributed by atoms with Gasteiger partial charge in [0, 0.05) is 19.5 Å². The molecular weight excluding hydrogens is 915 g/mol. The van der Waals surface area contributed by atoms with Gasteiger partial charge < -0.3 is 59.1 Å². The number of anilines is 2. The number of nitrogens with two attached hydrogens (primary N) is 2. The lowest BCUT2D eigenvalue weighted by Gasteiger charge is -2.27. The van der Waals surface area contributed by atoms with Crippen molar-refractivity contribution in [1.29, 1.82) is 5.41 Å². The summed E-state index contributed by atoms with van der Waals surface area (Å²) in [4.78, 5) is 115. The number of unbranched alkanes of at least 4 members (excludes halogenated alkanes) is 12. The molecule has 2 aromatic rings. The van der Waals surface area contributed by atoms with Gasteiger partial charge in [0.1, 0.15) is 35.5 Å². The van der Waals surface area contributed by atoms with E-state index in [0.29, 0.717) is 12.1 Å². The molecule has 0 aliphatic carbocycles. The van der Waals surface area contributed by atoms with Crippen LogP contribution < -0.4 is 64.9 Å². The molecule has 21 heteroatoms. The van der Waals surface area contributed by atoms with Crippen LogP contribution in [0, 0.1) is 11.3 Å². The summed E-state index contributed by atoms with van der Waals surface area (Å²) in [6.45, 7) is 4.99. The Labute approximate surface area is 416 Å². The lowest BCUT2D eigenvalue weighted by molar-refractivity contribution is -0.140. The highest BCUT2D eigenvalue weighted by Gasteiger charge is 2.32. The van der Waals surface area contributed by atoms with Gasteiger partial charge in [0.25, 0.3) is 10.9 Å². The number of carboxylic acids is 1. The van der Waals surface area contributed by atoms with Crippen LogP contribution in [0.15, 0.2) is 52.1 Å². The second-order valence-corrected chi connectivity index (χ2v) is 18.0. The van der Waals surface area contributed by atoms with E-state index in [1.807, 2.05) is 0 Å². The highest BCUT2D eigenvalue weighted by Crippen LogP contribution is 2.16. The third-order valence-electron chi connectivity index (χ3n) is 11.6. The number of rotatable bonds is 39. The van der Waals surface area contributed by atoms with Crippen LogP contribution in [0.5, 0.6) is 0 Å². The zero-order valence-electron chi connectivity index (χ0n) is 41.8. The lowest BCUT2D eigenvalue weighted by Crippen LogP contribution is -2.59. The van der Waals surface area contributed by atoms with Crippen molar-refractivity contribution in [2.45, 2.75) is 161 Å². The zero-order valence-corrected chi connectivity index (χ0v) is 41.8. The van der Waals surface area contributed by atoms with Crippen molar-refractivity contribution >= 4 is 58.7 Å². The van der Waals surface area contributed by atoms with E-state index < -0.39 is 102 Å². The van der Waals surface area contributed by atoms with Crippen molar-refractivity contribution in [1.82, 2.24) is 31.9 Å². The van der Waals surface area contributed by atoms with Gasteiger partial charge in [0.15, 0.2) is 5.96 Å². The molecule has 71 heavy (non-hydrogen) atoms. The third kappa shape index (κ3) is 25.1. The molecule has 6 amide bonds. The fourth-order valence-electron chi connectivity index (χ4n) is 7.57. The Morgan fingerprint density at radius 2 is 1.18 bits per heavy atom. The molecule has 0 aliphatic heterocycles. The summed E-state index contributed by atoms with van der Waals surface area (Å²) in [6.07, 6.45) is 20.4. The van der Waals surface area contributed by atoms with Gasteiger partial charge in [-0.25, -0.2) is 0 Å². The van der Waals surface area contributed by atoms with E-state index in [-0.39, 0.29) is 43.1 Å². The molecule has 2 aromatic carbocycles. The van der Waals surface area contributed by atoms with Crippen molar-refractivity contribution in [3.63, 3.8) is 0 Å². The van der Waals surface area contributed by atoms with Crippen LogP contribution in [0.4, 0.5) is 11.4 Å². The molecule has 0 saturated carbocycles. The van der Waals surface area contributed by atoms with Crippen LogP contribution in [-0.4, -0.2) is 103 Å². The number of carboxylic acid groups (broad SMARTS) is 1. The lowest BCUT2D eigenvalue weighted by atomic mass is 10.00. The van der Waals surface area contributed by atoms with Crippen LogP contribution in [0.2, 0.25) is 0 Å². The fraction of sp³-hybridized carbons (Fsp3) is 0.600. The van der Waals surface area contributed by atoms with Crippen molar-refractivity contribution in [3.8, 4) is 0 Å². The van der Waals surface area contributed by atoms with Gasteiger partial charge in [0.2, 0.25) is 35.4 Å². The molecule has 21 nitrogen and oxygen atoms in total. The number of allylic oxidation sites excluding steroid dienone is 2. The van der Waals surface area contributed by atoms with Gasteiger partial charge in [-0.05, 0) is 56.4 Å². The second-order valence-electron chi connectivity index (χ2n) is 18.0. The molecule has 0 bridgehead atoms. The van der Waals surface area contributed by atoms with Gasteiger partial charge in [-0.15, -0.1) is 0 Å². The van der Waals surface area contributed by atoms with E-state index in [2.05, 4.69) is 61.6 Å². The molecule has 0 radical (unpaired) electrons. The topological polar surface area (TPSA) is 346 Å². The van der Waals surface area contributed by atoms with Gasteiger partial charge in [-0.2, -0.15) is 0 Å². The maximum Gasteiger partial charge on any atom is 0.305 e. The number of aliphatic carboxylic acids is 1. The summed E-state index contributed by atoms with van der Waals surface area (Å²) >= 11 is 0. The first-order valence-corrected chi connectivity index (χ1v) is 25.0. The summed E-state index contributed by atoms with van der Waals surface area (Å²) < 4.78 is 0. The average Bonchev–Trinajstić information content (AvgIpc) is 3.32. The van der Waals surface area contributed by atoms with Crippen molar-refractivity contribution < 1.29 is 38.7 Å². The SMILES string of the molecule is CCCCCCCCC/C=C\CCCCCCCNc1c(NCC(=O)N[C@H](Cc2ccccc2)C(=O)N[C@H](C(=O)N[C@@H](CCCNC(=N)N)C(=O)NCC(=O)N[C@@H](CC(=O)O)C(N)=O)C(C)C)c(=O)c1=O. The highest BCUT2D eigenvalue weighted by molar-refractivity contribution is 5.96. The number of carbonyl (C=O) groups is 7. The number of hydrogen-bond acceptors (Lipinski definition) is 12. The van der Waals surface area contributed by atoms with Crippen LogP contribution in [0.1, 0.15) is 135 Å². The summed E-state index contributed by atoms with van der Waals surface area (Å²) in [5, 5.41) is 37.2. The van der Waals surface area contributed by atoms with Gasteiger partial charge >= 0.3 is 5.97 Å². The number of amides is 6. The maximum absolute atomic E-state index is 14.0. The quantitative estimate of drug-likeness (QED) is 0.0150. The Balaban J connectivity index is 2.00. The van der Waals surface area contributed by atoms with E-state index in [9.17, 15) is 43.2 Å². The van der Waals surface area contributed by atoms with Crippen LogP contribution in [0.25, 0.3) is 0 Å². The van der Waals surface area contributed by atoms with Gasteiger partial charge in [0.05, 0.1) is 19.5 Å². The van der Waals surface area contributed by atoms with Gasteiger partial charge in [-0.3, -0.25) is 48.6 Å². The Morgan fingerprint density at radius 3 is 1.76 bits per heavy atom. The predicted octanol–water partition coefficient (Wildman–Crippen LogP) is 2.32. The molecule has 0 aliphatic rings. The second kappa shape index (κ2) is 34.5. The molecule has 0 heterocycles. The normalized spacial score (nSPS) is 12.8. The number of carbonyl (C=O) groups excluding carboxylic acids is 6. The number of guanidine groups is 1. The molecule has 0 unspecified atom stereocenters. The minimum Gasteiger partial charge on any atom is -0.481 e. The molecule has 0 saturated heterocycles. The smallest absolute Gasteiger partial charge is 0.305 e. The fourth-order valence-corrected chi connectivity index (χ4v) is 7.57. The first-order chi connectivity index (χ1) is 33.9. The number of nitrogens with one attached hydrogen (secondary N) is 9. The molecular formula is C50H79N11O10. The summed E-state index contributed by atoms with van der Waals surface area (Å²) in [5.74, 6) is -7.34. The Hall–Kier alpha value is -6.80. The highest BCUT2D eigenvalue weighted by atomic mass is 16.4. The van der Waals surface area contributed by atoms with Crippen LogP contribution in [0.3, 0.4) is 0 Å². The Kier molecular flexibility index (Phi) is 29.3. The number of primary amides is 1. The Bertz CT molecular complexity index is 2110. The van der Waals surface area contributed by atoms with E-state index in [1.54, 1.807) is 44.2 Å². The first kappa shape index (κ1) is 60.3. The van der Waals surface area contributed by atoms with E-state index in [4.69, 9.17) is 22.0 Å². The molecule has 14 N–H and O–H groups in total. The maximum atomic E-state index is 14.0. The largest absolute Gasteiger partial charge is 0.481 e. The van der Waals surface area contributed by atoms with Crippen LogP contribution in [-0.2, 0) is 40.0 Å². The predicted molar refractivity (Wildman–Crippen MR) is 274 cm³/mol. The Morgan fingerprint density at radius 1 is 0.620 bits per heavy atom. The number of hydrogen-bond donors (Lipinski definition) is 12. The van der Waals surface area contributed by atoms with E-state index in [1.165, 1.54) is 44.9 Å². The first-order valence-electron chi connectivity index (χ1n) is 25.0. The van der Waals surface area contributed by atoms with E-state index >= 15 is 0 Å². The third-order valence-corrected chi connectivity index (χ3v) is 11.6. The summed E-state index contributed by atoms with van der Waals surface area (Å²) in [7, 11) is 0. The summed E-state index contributed by atoms with van der Waals surface area (Å²) in [6, 6.07) is 3.48. The molecule has 0 fully saturated rings. The zero-order chi connectivity index (χ0) is 52.6.